The Hall–Kier alpha value is -3.02. The van der Waals surface area contributed by atoms with Crippen LogP contribution in [0.15, 0.2) is 60.8 Å². The maximum atomic E-state index is 14.0. The predicted molar refractivity (Wildman–Crippen MR) is 125 cm³/mol. The number of benzene rings is 2. The summed E-state index contributed by atoms with van der Waals surface area (Å²) in [5.74, 6) is 0.351. The molecule has 0 fully saturated rings. The van der Waals surface area contributed by atoms with E-state index in [9.17, 15) is 18.0 Å². The smallest absolute Gasteiger partial charge is 0.427 e. The Morgan fingerprint density at radius 3 is 2.53 bits per heavy atom. The molecule has 166 valence electrons. The minimum atomic E-state index is -4.53. The molecule has 0 bridgehead atoms. The molecule has 2 heterocycles. The van der Waals surface area contributed by atoms with Crippen LogP contribution in [0.25, 0.3) is 0 Å². The van der Waals surface area contributed by atoms with Crippen molar-refractivity contribution in [1.29, 1.82) is 0 Å². The number of aromatic nitrogens is 1. The van der Waals surface area contributed by atoms with Crippen LogP contribution in [-0.4, -0.2) is 37.4 Å². The van der Waals surface area contributed by atoms with Gasteiger partial charge >= 0.3 is 6.18 Å². The number of pyridine rings is 1. The molecule has 0 radical (unpaired) electrons. The third-order valence-electron chi connectivity index (χ3n) is 5.08. The second kappa shape index (κ2) is 8.49. The van der Waals surface area contributed by atoms with Gasteiger partial charge in [0.05, 0.1) is 30.4 Å². The zero-order valence-corrected chi connectivity index (χ0v) is 19.2. The van der Waals surface area contributed by atoms with Crippen molar-refractivity contribution in [2.45, 2.75) is 12.3 Å². The zero-order chi connectivity index (χ0) is 23.0. The first kappa shape index (κ1) is 22.2. The number of halogens is 4. The van der Waals surface area contributed by atoms with Crippen molar-refractivity contribution in [2.75, 3.05) is 29.3 Å². The number of rotatable bonds is 4. The number of nitrogens with zero attached hydrogens (tertiary/aromatic N) is 3. The normalized spacial score (nSPS) is 15.5. The third-order valence-corrected chi connectivity index (χ3v) is 5.75. The molecule has 0 saturated carbocycles. The van der Waals surface area contributed by atoms with Gasteiger partial charge in [-0.05, 0) is 65.1 Å². The quantitative estimate of drug-likeness (QED) is 0.437. The van der Waals surface area contributed by atoms with E-state index in [1.807, 2.05) is 6.07 Å². The molecule has 1 N–H and O–H groups in total. The van der Waals surface area contributed by atoms with Gasteiger partial charge in [0, 0.05) is 22.2 Å². The molecule has 0 aliphatic carbocycles. The summed E-state index contributed by atoms with van der Waals surface area (Å²) in [5, 5.41) is 2.67. The number of amides is 1. The number of carbonyl (C=O) groups excluding carboxylic acids is 1. The number of alkyl halides is 3. The Balaban J connectivity index is 1.64. The van der Waals surface area contributed by atoms with E-state index in [1.54, 1.807) is 36.4 Å². The van der Waals surface area contributed by atoms with Crippen LogP contribution in [-0.2, 0) is 0 Å². The second-order valence-electron chi connectivity index (χ2n) is 7.12. The highest BCUT2D eigenvalue weighted by atomic mass is 127. The number of hydrogen-bond acceptors (Lipinski definition) is 5. The second-order valence-corrected chi connectivity index (χ2v) is 8.36. The Kier molecular flexibility index (Phi) is 5.89. The largest absolute Gasteiger partial charge is 0.497 e. The summed E-state index contributed by atoms with van der Waals surface area (Å²) in [4.78, 5) is 18.9. The van der Waals surface area contributed by atoms with Gasteiger partial charge in [-0.2, -0.15) is 13.2 Å². The van der Waals surface area contributed by atoms with Gasteiger partial charge in [0.1, 0.15) is 11.6 Å². The van der Waals surface area contributed by atoms with Gasteiger partial charge in [0.25, 0.3) is 5.91 Å². The molecular weight excluding hydrogens is 536 g/mol. The lowest BCUT2D eigenvalue weighted by Crippen LogP contribution is -2.49. The lowest BCUT2D eigenvalue weighted by Gasteiger charge is -2.32. The van der Waals surface area contributed by atoms with Gasteiger partial charge < -0.3 is 19.9 Å². The summed E-state index contributed by atoms with van der Waals surface area (Å²) in [6.07, 6.45) is -5.12. The number of carbonyl (C=O) groups is 1. The minimum absolute atomic E-state index is 0.240. The lowest BCUT2D eigenvalue weighted by molar-refractivity contribution is -0.144. The van der Waals surface area contributed by atoms with Crippen molar-refractivity contribution in [3.63, 3.8) is 0 Å². The molecular formula is C22H18F3IN4O2. The summed E-state index contributed by atoms with van der Waals surface area (Å²) in [5.41, 5.74) is 1.48. The van der Waals surface area contributed by atoms with Gasteiger partial charge in [0.15, 0.2) is 0 Å². The number of methoxy groups -OCH3 is 1. The highest BCUT2D eigenvalue weighted by molar-refractivity contribution is 14.1. The molecule has 0 spiro atoms. The zero-order valence-electron chi connectivity index (χ0n) is 17.0. The van der Waals surface area contributed by atoms with Gasteiger partial charge in [-0.3, -0.25) is 4.79 Å². The average molecular weight is 554 g/mol. The molecule has 2 aromatic carbocycles. The number of fused-ring (bicyclic) bond motifs is 1. The lowest BCUT2D eigenvalue weighted by atomic mass is 10.2. The molecule has 1 aliphatic heterocycles. The Morgan fingerprint density at radius 1 is 1.12 bits per heavy atom. The van der Waals surface area contributed by atoms with Crippen LogP contribution in [0.1, 0.15) is 10.4 Å². The van der Waals surface area contributed by atoms with Crippen molar-refractivity contribution in [3.05, 3.63) is 69.9 Å². The molecule has 32 heavy (non-hydrogen) atoms. The van der Waals surface area contributed by atoms with Crippen LogP contribution in [0.4, 0.5) is 36.1 Å². The van der Waals surface area contributed by atoms with Gasteiger partial charge in [-0.1, -0.05) is 6.07 Å². The van der Waals surface area contributed by atoms with Crippen LogP contribution in [0.2, 0.25) is 0 Å². The fourth-order valence-electron chi connectivity index (χ4n) is 3.62. The first-order valence-corrected chi connectivity index (χ1v) is 10.6. The van der Waals surface area contributed by atoms with E-state index >= 15 is 0 Å². The summed E-state index contributed by atoms with van der Waals surface area (Å²) < 4.78 is 48.0. The van der Waals surface area contributed by atoms with E-state index < -0.39 is 12.3 Å². The molecule has 3 aromatic rings. The van der Waals surface area contributed by atoms with Crippen LogP contribution in [0, 0.1) is 3.57 Å². The molecule has 1 atom stereocenters. The van der Waals surface area contributed by atoms with Crippen molar-refractivity contribution >= 4 is 51.4 Å². The highest BCUT2D eigenvalue weighted by Gasteiger charge is 2.52. The Labute approximate surface area is 196 Å². The van der Waals surface area contributed by atoms with E-state index in [1.165, 1.54) is 37.4 Å². The van der Waals surface area contributed by atoms with Crippen LogP contribution in [0.3, 0.4) is 0 Å². The third kappa shape index (κ3) is 4.18. The van der Waals surface area contributed by atoms with E-state index in [2.05, 4.69) is 32.9 Å². The predicted octanol–water partition coefficient (Wildman–Crippen LogP) is 5.42. The molecule has 0 saturated heterocycles. The maximum Gasteiger partial charge on any atom is 0.427 e. The first-order chi connectivity index (χ1) is 15.2. The molecule has 4 rings (SSSR count). The number of ether oxygens (including phenoxy) is 1. The van der Waals surface area contributed by atoms with E-state index in [0.29, 0.717) is 22.7 Å². The van der Waals surface area contributed by atoms with Gasteiger partial charge in [-0.15, -0.1) is 0 Å². The topological polar surface area (TPSA) is 57.7 Å². The van der Waals surface area contributed by atoms with Gasteiger partial charge in [-0.25, -0.2) is 4.98 Å². The van der Waals surface area contributed by atoms with Crippen molar-refractivity contribution in [3.8, 4) is 5.75 Å². The Bertz CT molecular complexity index is 1150. The van der Waals surface area contributed by atoms with E-state index in [-0.39, 0.29) is 17.4 Å². The molecule has 1 aromatic heterocycles. The fourth-order valence-corrected chi connectivity index (χ4v) is 4.16. The number of nitrogens with one attached hydrogen (secondary N) is 1. The number of anilines is 4. The summed E-state index contributed by atoms with van der Waals surface area (Å²) in [6.45, 7) is 0. The van der Waals surface area contributed by atoms with E-state index in [0.717, 1.165) is 8.47 Å². The molecule has 1 amide bonds. The summed E-state index contributed by atoms with van der Waals surface area (Å²) in [6, 6.07) is 14.8. The van der Waals surface area contributed by atoms with Crippen LogP contribution >= 0.6 is 22.6 Å². The standard InChI is InChI=1S/C22H18F3IN4O2/c1-29-18-11-16(32-2)7-8-17(18)30(21(29)22(23,24)25)15-6-9-19(27-12-15)28-20(31)13-4-3-5-14(26)10-13/h3-12,21H,1-2H3,(H,27,28,31). The number of hydrogen-bond donors (Lipinski definition) is 1. The highest BCUT2D eigenvalue weighted by Crippen LogP contribution is 2.49. The first-order valence-electron chi connectivity index (χ1n) is 9.49. The molecule has 6 nitrogen and oxygen atoms in total. The summed E-state index contributed by atoms with van der Waals surface area (Å²) >= 11 is 2.11. The molecule has 1 aliphatic rings. The minimum Gasteiger partial charge on any atom is -0.497 e. The van der Waals surface area contributed by atoms with Crippen LogP contribution in [0.5, 0.6) is 5.75 Å². The van der Waals surface area contributed by atoms with Crippen LogP contribution < -0.4 is 19.9 Å². The van der Waals surface area contributed by atoms with E-state index in [4.69, 9.17) is 4.74 Å². The molecule has 10 heteroatoms. The molecule has 1 unspecified atom stereocenters. The average Bonchev–Trinajstić information content (AvgIpc) is 3.06. The van der Waals surface area contributed by atoms with Crippen molar-refractivity contribution < 1.29 is 22.7 Å². The monoisotopic (exact) mass is 554 g/mol. The Morgan fingerprint density at radius 2 is 1.91 bits per heavy atom. The van der Waals surface area contributed by atoms with Crippen molar-refractivity contribution in [1.82, 2.24) is 4.98 Å². The summed E-state index contributed by atoms with van der Waals surface area (Å²) in [7, 11) is 2.85. The van der Waals surface area contributed by atoms with Gasteiger partial charge in [0.2, 0.25) is 6.17 Å². The fraction of sp³-hybridized carbons (Fsp3) is 0.182. The SMILES string of the molecule is COc1ccc2c(c1)N(C)C(C(F)(F)F)N2c1ccc(NC(=O)c2cccc(I)c2)nc1. The maximum absolute atomic E-state index is 14.0. The van der Waals surface area contributed by atoms with Crippen molar-refractivity contribution in [2.24, 2.45) is 0 Å².